The fourth-order valence-electron chi connectivity index (χ4n) is 7.85. The lowest BCUT2D eigenvalue weighted by atomic mass is 9.44. The average Bonchev–Trinajstić information content (AvgIpc) is 2.97. The van der Waals surface area contributed by atoms with Crippen LogP contribution in [0.25, 0.3) is 0 Å². The molecule has 4 aliphatic carbocycles. The molecule has 8 atom stereocenters. The number of halogens is 1. The van der Waals surface area contributed by atoms with Gasteiger partial charge in [0.2, 0.25) is 0 Å². The Morgan fingerprint density at radius 3 is 2.61 bits per heavy atom. The molecule has 5 rings (SSSR count). The lowest BCUT2D eigenvalue weighted by molar-refractivity contribution is -0.216. The summed E-state index contributed by atoms with van der Waals surface area (Å²) < 4.78 is 23.2. The van der Waals surface area contributed by atoms with Crippen molar-refractivity contribution in [2.75, 3.05) is 0 Å². The Hall–Kier alpha value is -2.24. The van der Waals surface area contributed by atoms with E-state index in [1.807, 2.05) is 51.1 Å². The Morgan fingerprint density at radius 2 is 1.91 bits per heavy atom. The first-order chi connectivity index (χ1) is 15.5. The number of benzene rings is 1. The minimum atomic E-state index is -1.91. The molecule has 0 bridgehead atoms. The molecule has 0 aliphatic heterocycles. The number of allylic oxidation sites excluding steroid dienone is 4. The number of fused-ring (bicyclic) bond motifs is 5. The number of ketones is 1. The molecular formula is C28H33FO4. The van der Waals surface area contributed by atoms with E-state index in [-0.39, 0.29) is 29.8 Å². The second-order valence-corrected chi connectivity index (χ2v) is 11.0. The summed E-state index contributed by atoms with van der Waals surface area (Å²) in [7, 11) is 0. The molecular weight excluding hydrogens is 419 g/mol. The minimum Gasteiger partial charge on any atom is -0.459 e. The normalized spacial score (nSPS) is 46.1. The maximum absolute atomic E-state index is 17.2. The summed E-state index contributed by atoms with van der Waals surface area (Å²) in [5.41, 5.74) is -4.40. The quantitative estimate of drug-likeness (QED) is 0.639. The van der Waals surface area contributed by atoms with Crippen LogP contribution in [-0.2, 0) is 4.79 Å². The Bertz CT molecular complexity index is 1060. The molecule has 0 spiro atoms. The SMILES string of the molecule is C=C(Oc1ccccc1)[C@@]1(O)[C@H](C)C[C@H]2[C@@H]3CCC4=CC(=O)C=C[C@]4(C)[C@@]3(F)[C@@H](O)C[C@@]21C. The summed E-state index contributed by atoms with van der Waals surface area (Å²) in [6, 6.07) is 9.21. The Balaban J connectivity index is 1.54. The molecule has 0 amide bonds. The zero-order chi connectivity index (χ0) is 23.8. The van der Waals surface area contributed by atoms with Crippen molar-refractivity contribution in [3.05, 3.63) is 66.5 Å². The molecule has 3 fully saturated rings. The summed E-state index contributed by atoms with van der Waals surface area (Å²) in [5, 5.41) is 23.6. The van der Waals surface area contributed by atoms with Crippen molar-refractivity contribution in [1.29, 1.82) is 0 Å². The van der Waals surface area contributed by atoms with E-state index >= 15 is 4.39 Å². The number of carbonyl (C=O) groups excluding carboxylic acids is 1. The van der Waals surface area contributed by atoms with E-state index in [1.165, 1.54) is 6.08 Å². The van der Waals surface area contributed by atoms with Gasteiger partial charge in [-0.25, -0.2) is 4.39 Å². The van der Waals surface area contributed by atoms with Crippen LogP contribution in [0.1, 0.15) is 46.5 Å². The molecule has 0 radical (unpaired) electrons. The molecule has 0 heterocycles. The number of hydrogen-bond donors (Lipinski definition) is 2. The molecule has 3 saturated carbocycles. The molecule has 1 aromatic carbocycles. The average molecular weight is 453 g/mol. The van der Waals surface area contributed by atoms with Crippen LogP contribution >= 0.6 is 0 Å². The third kappa shape index (κ3) is 2.72. The van der Waals surface area contributed by atoms with Crippen LogP contribution < -0.4 is 4.74 Å². The maximum atomic E-state index is 17.2. The zero-order valence-electron chi connectivity index (χ0n) is 19.6. The summed E-state index contributed by atoms with van der Waals surface area (Å²) in [6.45, 7) is 9.84. The van der Waals surface area contributed by atoms with Gasteiger partial charge in [-0.15, -0.1) is 0 Å². The van der Waals surface area contributed by atoms with Crippen molar-refractivity contribution in [2.45, 2.75) is 63.8 Å². The van der Waals surface area contributed by atoms with E-state index in [0.29, 0.717) is 25.0 Å². The van der Waals surface area contributed by atoms with Gasteiger partial charge in [-0.1, -0.05) is 50.3 Å². The molecule has 0 saturated heterocycles. The van der Waals surface area contributed by atoms with Crippen molar-refractivity contribution in [1.82, 2.24) is 0 Å². The van der Waals surface area contributed by atoms with E-state index in [2.05, 4.69) is 6.58 Å². The van der Waals surface area contributed by atoms with Gasteiger partial charge in [0.1, 0.15) is 17.1 Å². The van der Waals surface area contributed by atoms with Gasteiger partial charge < -0.3 is 14.9 Å². The van der Waals surface area contributed by atoms with Gasteiger partial charge in [-0.2, -0.15) is 0 Å². The van der Waals surface area contributed by atoms with E-state index in [0.717, 1.165) is 5.57 Å². The van der Waals surface area contributed by atoms with Crippen LogP contribution in [-0.4, -0.2) is 33.4 Å². The van der Waals surface area contributed by atoms with Gasteiger partial charge in [0, 0.05) is 16.7 Å². The Kier molecular flexibility index (Phi) is 4.87. The number of carbonyl (C=O) groups is 1. The second-order valence-electron chi connectivity index (χ2n) is 11.0. The first-order valence-electron chi connectivity index (χ1n) is 11.9. The number of aliphatic hydroxyl groups is 2. The predicted molar refractivity (Wildman–Crippen MR) is 124 cm³/mol. The topological polar surface area (TPSA) is 66.8 Å². The van der Waals surface area contributed by atoms with E-state index in [1.54, 1.807) is 12.2 Å². The Labute approximate surface area is 194 Å². The molecule has 0 unspecified atom stereocenters. The van der Waals surface area contributed by atoms with Crippen LogP contribution in [0.5, 0.6) is 5.75 Å². The van der Waals surface area contributed by atoms with Crippen LogP contribution in [0.2, 0.25) is 0 Å². The molecule has 4 aliphatic rings. The summed E-state index contributed by atoms with van der Waals surface area (Å²) in [6.07, 6.45) is 5.18. The van der Waals surface area contributed by atoms with Crippen molar-refractivity contribution >= 4 is 5.78 Å². The van der Waals surface area contributed by atoms with Gasteiger partial charge in [-0.05, 0) is 68.7 Å². The number of alkyl halides is 1. The van der Waals surface area contributed by atoms with Gasteiger partial charge >= 0.3 is 0 Å². The third-order valence-electron chi connectivity index (χ3n) is 9.63. The smallest absolute Gasteiger partial charge is 0.178 e. The van der Waals surface area contributed by atoms with Crippen molar-refractivity contribution in [3.8, 4) is 5.75 Å². The second kappa shape index (κ2) is 7.13. The molecule has 176 valence electrons. The molecule has 5 heteroatoms. The number of aliphatic hydroxyl groups excluding tert-OH is 1. The lowest BCUT2D eigenvalue weighted by Crippen LogP contribution is -2.68. The molecule has 4 nitrogen and oxygen atoms in total. The van der Waals surface area contributed by atoms with E-state index in [9.17, 15) is 15.0 Å². The number of para-hydroxylation sites is 1. The first-order valence-corrected chi connectivity index (χ1v) is 11.9. The number of rotatable bonds is 3. The Morgan fingerprint density at radius 1 is 1.21 bits per heavy atom. The van der Waals surface area contributed by atoms with Crippen molar-refractivity contribution in [3.63, 3.8) is 0 Å². The van der Waals surface area contributed by atoms with Crippen molar-refractivity contribution < 1.29 is 24.1 Å². The van der Waals surface area contributed by atoms with Crippen LogP contribution in [0, 0.1) is 28.6 Å². The summed E-state index contributed by atoms with van der Waals surface area (Å²) in [4.78, 5) is 12.0. The standard InChI is InChI=1S/C28H33FO4/c1-17-14-23-22-11-10-19-15-20(30)12-13-25(19,3)27(22,29)24(31)16-26(23,4)28(17,32)18(2)33-21-8-6-5-7-9-21/h5-9,12-13,15,17,22-24,31-32H,2,10-11,14,16H2,1,3-4H3/t17-,22+,23+,24+,25+,26+,27+,28+/m1/s1. The van der Waals surface area contributed by atoms with Gasteiger partial charge in [0.05, 0.1) is 6.10 Å². The molecule has 0 aromatic heterocycles. The van der Waals surface area contributed by atoms with Crippen LogP contribution in [0.4, 0.5) is 4.39 Å². The highest BCUT2D eigenvalue weighted by Crippen LogP contribution is 2.71. The van der Waals surface area contributed by atoms with Gasteiger partial charge in [0.25, 0.3) is 0 Å². The largest absolute Gasteiger partial charge is 0.459 e. The monoisotopic (exact) mass is 452 g/mol. The number of hydrogen-bond acceptors (Lipinski definition) is 4. The minimum absolute atomic E-state index is 0.0906. The van der Waals surface area contributed by atoms with Crippen LogP contribution in [0.15, 0.2) is 66.5 Å². The van der Waals surface area contributed by atoms with E-state index in [4.69, 9.17) is 4.74 Å². The fraction of sp³-hybridized carbons (Fsp3) is 0.536. The maximum Gasteiger partial charge on any atom is 0.178 e. The van der Waals surface area contributed by atoms with Crippen LogP contribution in [0.3, 0.4) is 0 Å². The van der Waals surface area contributed by atoms with E-state index < -0.39 is 34.1 Å². The number of ether oxygens (including phenoxy) is 1. The zero-order valence-corrected chi connectivity index (χ0v) is 19.6. The molecule has 1 aromatic rings. The summed E-state index contributed by atoms with van der Waals surface area (Å²) in [5.74, 6) is -0.123. The first kappa shape index (κ1) is 22.5. The highest BCUT2D eigenvalue weighted by atomic mass is 19.1. The van der Waals surface area contributed by atoms with Gasteiger partial charge in [-0.3, -0.25) is 4.79 Å². The predicted octanol–water partition coefficient (Wildman–Crippen LogP) is 4.93. The highest BCUT2D eigenvalue weighted by Gasteiger charge is 2.75. The van der Waals surface area contributed by atoms with Crippen molar-refractivity contribution in [2.24, 2.45) is 28.6 Å². The molecule has 33 heavy (non-hydrogen) atoms. The van der Waals surface area contributed by atoms with Gasteiger partial charge in [0.15, 0.2) is 11.5 Å². The molecule has 2 N–H and O–H groups in total. The lowest BCUT2D eigenvalue weighted by Gasteiger charge is -2.62. The third-order valence-corrected chi connectivity index (χ3v) is 9.63. The fourth-order valence-corrected chi connectivity index (χ4v) is 7.85. The summed E-state index contributed by atoms with van der Waals surface area (Å²) >= 11 is 0. The highest BCUT2D eigenvalue weighted by molar-refractivity contribution is 6.01.